The summed E-state index contributed by atoms with van der Waals surface area (Å²) in [5, 5.41) is 13.2. The van der Waals surface area contributed by atoms with Crippen molar-refractivity contribution in [1.29, 1.82) is 0 Å². The molecule has 3 atom stereocenters. The van der Waals surface area contributed by atoms with E-state index in [1.165, 1.54) is 89.4 Å². The number of sulfonamides is 3. The van der Waals surface area contributed by atoms with Crippen LogP contribution in [0.3, 0.4) is 0 Å². The summed E-state index contributed by atoms with van der Waals surface area (Å²) < 4.78 is 129. The molecule has 0 spiro atoms. The molecular formula is C69H80ClF3N14O12S5. The molecule has 0 aliphatic carbocycles. The van der Waals surface area contributed by atoms with Crippen LogP contribution in [0, 0.1) is 0 Å². The van der Waals surface area contributed by atoms with Crippen LogP contribution < -0.4 is 38.3 Å². The zero-order chi connectivity index (χ0) is 73.6. The Morgan fingerprint density at radius 2 is 1.05 bits per heavy atom. The van der Waals surface area contributed by atoms with E-state index in [2.05, 4.69) is 71.8 Å². The van der Waals surface area contributed by atoms with Crippen LogP contribution in [0.1, 0.15) is 37.7 Å². The molecule has 13 rings (SSSR count). The van der Waals surface area contributed by atoms with E-state index in [-0.39, 0.29) is 62.7 Å². The van der Waals surface area contributed by atoms with E-state index in [9.17, 15) is 57.9 Å². The fraction of sp³-hybridized carbons (Fsp3) is 0.275. The summed E-state index contributed by atoms with van der Waals surface area (Å²) in [6.07, 6.45) is 1.59. The molecule has 9 aromatic rings. The number of nitrogens with one attached hydrogen (secondary N) is 3. The quantitative estimate of drug-likeness (QED) is 0.0551. The highest BCUT2D eigenvalue weighted by molar-refractivity contribution is 8.00. The summed E-state index contributed by atoms with van der Waals surface area (Å²) in [5.41, 5.74) is 4.42. The molecule has 26 nitrogen and oxygen atoms in total. The number of thioether (sulfide) groups is 1. The number of carbonyl (C=O) groups excluding carboxylic acids is 3. The highest BCUT2D eigenvalue weighted by Gasteiger charge is 2.33. The number of carbonyl (C=O) groups is 3. The van der Waals surface area contributed by atoms with Gasteiger partial charge in [-0.05, 0) is 152 Å². The number of amides is 3. The summed E-state index contributed by atoms with van der Waals surface area (Å²) in [6, 6.07) is 42.5. The maximum absolute atomic E-state index is 12.9. The molecule has 3 amide bonds. The Morgan fingerprint density at radius 3 is 1.50 bits per heavy atom. The molecular weight excluding hydrogens is 1470 g/mol. The van der Waals surface area contributed by atoms with E-state index < -0.39 is 48.6 Å². The van der Waals surface area contributed by atoms with E-state index in [4.69, 9.17) is 16.3 Å². The summed E-state index contributed by atoms with van der Waals surface area (Å²) in [4.78, 5) is 70.8. The number of aromatic nitrogens is 5. The van der Waals surface area contributed by atoms with Crippen molar-refractivity contribution in [3.8, 4) is 11.5 Å². The molecule has 3 aromatic heterocycles. The standard InChI is InChI=1S/C24H24F3N5O5S.C24H25N5O3S2.C21H21ClN4O4S2.5H2/c1-17(36-19-4-6-20(7-5-19)37-24(25,26)27)23(33)32-14-12-31(13-15-32)18-2-8-21(9-3-18)38(34,35)30-22-10-11-28-16-29-22;30-24(16-20-15-18-3-1-2-4-22(18)33-20)29-13-11-28(12-14-29)19-5-7-21(8-6-19)34(31,32)27-23-9-10-25-17-26-23;22-16-3-1-2-15(14-16)19(27)20(28)26-11-9-25(10-12-26)17-4-6-18(7-5-17)32(29,30)24-21-23-8-13-31-21;;;;;/h2-11,16-17H,12-15H2,1H3,(H,28,29,30);1-10,17,20H,11-16H2,(H,25,26,27);1-8,13-14,19,27H,9-12H2,(H,23,24);5*1H/t;;19-;;;;;/m..1...../s1. The first-order valence-electron chi connectivity index (χ1n) is 32.4. The monoisotopic (exact) mass is 1550 g/mol. The summed E-state index contributed by atoms with van der Waals surface area (Å²) in [6.45, 7) is 8.24. The van der Waals surface area contributed by atoms with Gasteiger partial charge in [-0.3, -0.25) is 28.5 Å². The van der Waals surface area contributed by atoms with Gasteiger partial charge in [0.15, 0.2) is 17.3 Å². The molecule has 3 saturated heterocycles. The van der Waals surface area contributed by atoms with Gasteiger partial charge in [-0.1, -0.05) is 41.9 Å². The van der Waals surface area contributed by atoms with E-state index in [0.29, 0.717) is 92.8 Å². The number of hydrogen-bond donors (Lipinski definition) is 4. The first-order chi connectivity index (χ1) is 49.8. The van der Waals surface area contributed by atoms with Gasteiger partial charge in [-0.25, -0.2) is 50.2 Å². The van der Waals surface area contributed by atoms with Crippen LogP contribution >= 0.6 is 34.7 Å². The van der Waals surface area contributed by atoms with Gasteiger partial charge in [0, 0.05) is 148 Å². The molecule has 3 fully saturated rings. The summed E-state index contributed by atoms with van der Waals surface area (Å²) >= 11 is 8.97. The number of halogens is 4. The molecule has 2 unspecified atom stereocenters. The fourth-order valence-corrected chi connectivity index (χ4v) is 16.9. The topological polar surface area (TPSA) is 312 Å². The van der Waals surface area contributed by atoms with Crippen molar-refractivity contribution in [3.05, 3.63) is 211 Å². The minimum Gasteiger partial charge on any atom is -0.481 e. The van der Waals surface area contributed by atoms with E-state index >= 15 is 0 Å². The van der Waals surface area contributed by atoms with Crippen LogP contribution in [-0.2, 0) is 50.9 Å². The van der Waals surface area contributed by atoms with Crippen LogP contribution in [0.4, 0.5) is 47.0 Å². The highest BCUT2D eigenvalue weighted by Crippen LogP contribution is 2.39. The predicted octanol–water partition coefficient (Wildman–Crippen LogP) is 10.5. The Hall–Kier alpha value is -9.84. The lowest BCUT2D eigenvalue weighted by molar-refractivity contribution is -0.274. The van der Waals surface area contributed by atoms with Crippen molar-refractivity contribution in [2.75, 3.05) is 107 Å². The van der Waals surface area contributed by atoms with Gasteiger partial charge in [0.05, 0.1) is 14.7 Å². The second-order valence-corrected chi connectivity index (χ2v) is 31.5. The molecule has 0 bridgehead atoms. The van der Waals surface area contributed by atoms with Crippen LogP contribution in [0.15, 0.2) is 214 Å². The lowest BCUT2D eigenvalue weighted by Crippen LogP contribution is -2.52. The molecule has 4 N–H and O–H groups in total. The third kappa shape index (κ3) is 20.3. The Kier molecular flexibility index (Phi) is 24.4. The first kappa shape index (κ1) is 75.3. The van der Waals surface area contributed by atoms with Gasteiger partial charge < -0.3 is 44.0 Å². The van der Waals surface area contributed by atoms with E-state index in [0.717, 1.165) is 48.7 Å². The molecule has 0 radical (unpaired) electrons. The van der Waals surface area contributed by atoms with Gasteiger partial charge >= 0.3 is 6.36 Å². The normalized spacial score (nSPS) is 16.1. The van der Waals surface area contributed by atoms with Gasteiger partial charge in [0.25, 0.3) is 41.9 Å². The molecule has 35 heteroatoms. The van der Waals surface area contributed by atoms with Crippen LogP contribution in [0.25, 0.3) is 0 Å². The minimum absolute atomic E-state index is 0. The predicted molar refractivity (Wildman–Crippen MR) is 399 cm³/mol. The Morgan fingerprint density at radius 1 is 0.577 bits per heavy atom. The van der Waals surface area contributed by atoms with Crippen LogP contribution in [0.5, 0.6) is 11.5 Å². The Bertz CT molecular complexity index is 4730. The van der Waals surface area contributed by atoms with Crippen molar-refractivity contribution < 1.29 is 74.5 Å². The maximum Gasteiger partial charge on any atom is 0.573 e. The van der Waals surface area contributed by atoms with E-state index in [1.54, 1.807) is 107 Å². The third-order valence-electron chi connectivity index (χ3n) is 16.9. The fourth-order valence-electron chi connectivity index (χ4n) is 11.6. The second-order valence-electron chi connectivity index (χ2n) is 23.8. The molecule has 0 saturated carbocycles. The average molecular weight is 1550 g/mol. The van der Waals surface area contributed by atoms with Crippen molar-refractivity contribution >= 4 is 116 Å². The molecule has 4 aliphatic rings. The highest BCUT2D eigenvalue weighted by atomic mass is 35.5. The van der Waals surface area contributed by atoms with Crippen molar-refractivity contribution in [1.82, 2.24) is 39.6 Å². The number of fused-ring (bicyclic) bond motifs is 1. The number of thiazole rings is 1. The Balaban J connectivity index is 0.000000251. The lowest BCUT2D eigenvalue weighted by Gasteiger charge is -2.37. The number of aliphatic hydroxyl groups excluding tert-OH is 1. The molecule has 4 aliphatic heterocycles. The number of nitrogens with zero attached hydrogens (tertiary/aromatic N) is 11. The molecule has 7 heterocycles. The van der Waals surface area contributed by atoms with Crippen LogP contribution in [0.2, 0.25) is 5.02 Å². The SMILES string of the molecule is CC(Oc1ccc(OC(F)(F)F)cc1)C(=O)N1CCN(c2ccc(S(=O)(=O)Nc3ccncn3)cc2)CC1.O=C(CC1Cc2ccccc2S1)N1CCN(c2ccc(S(=O)(=O)Nc3ccncn3)cc2)CC1.O=C([C@H](O)c1cccc(Cl)c1)N1CCN(c2ccc(S(=O)(=O)Nc3nccs3)cc2)CC1.[HH].[HH].[HH].[HH].[HH]. The molecule has 104 heavy (non-hydrogen) atoms. The largest absolute Gasteiger partial charge is 0.573 e. The summed E-state index contributed by atoms with van der Waals surface area (Å²) in [7, 11) is -11.2. The van der Waals surface area contributed by atoms with Crippen molar-refractivity contribution in [2.45, 2.75) is 63.2 Å². The van der Waals surface area contributed by atoms with Crippen LogP contribution in [-0.4, -0.2) is 184 Å². The Labute approximate surface area is 619 Å². The number of aliphatic hydroxyl groups is 1. The maximum atomic E-state index is 12.9. The molecule has 6 aromatic carbocycles. The number of anilines is 6. The first-order valence-corrected chi connectivity index (χ1v) is 39.0. The smallest absolute Gasteiger partial charge is 0.481 e. The lowest BCUT2D eigenvalue weighted by atomic mass is 10.1. The van der Waals surface area contributed by atoms with Crippen molar-refractivity contribution in [3.63, 3.8) is 0 Å². The number of rotatable bonds is 20. The van der Waals surface area contributed by atoms with Crippen molar-refractivity contribution in [2.24, 2.45) is 0 Å². The number of ether oxygens (including phenoxy) is 2. The average Bonchev–Trinajstić information content (AvgIpc) is 1.09. The number of piperazine rings is 3. The van der Waals surface area contributed by atoms with Gasteiger partial charge in [0.1, 0.15) is 35.8 Å². The third-order valence-corrected chi connectivity index (χ3v) is 23.3. The summed E-state index contributed by atoms with van der Waals surface area (Å²) in [5.74, 6) is -0.160. The zero-order valence-electron chi connectivity index (χ0n) is 55.5. The second kappa shape index (κ2) is 33.7. The van der Waals surface area contributed by atoms with Gasteiger partial charge in [-0.2, -0.15) is 0 Å². The zero-order valence-corrected chi connectivity index (χ0v) is 60.4. The van der Waals surface area contributed by atoms with Gasteiger partial charge in [-0.15, -0.1) is 36.3 Å². The number of alkyl halides is 3. The number of benzene rings is 6. The number of hydrogen-bond acceptors (Lipinski definition) is 22. The minimum atomic E-state index is -4.79. The van der Waals surface area contributed by atoms with Gasteiger partial charge in [0.2, 0.25) is 5.91 Å². The molecule has 556 valence electrons. The van der Waals surface area contributed by atoms with E-state index in [1.807, 2.05) is 27.6 Å².